The smallest absolute Gasteiger partial charge is 0.120 e. The Hall–Kier alpha value is -1.41. The first kappa shape index (κ1) is 11.1. The average molecular weight is 234 g/mol. The lowest BCUT2D eigenvalue weighted by Gasteiger charge is -2.05. The molecule has 0 N–H and O–H groups in total. The van der Waals surface area contributed by atoms with E-state index in [1.807, 2.05) is 24.3 Å². The van der Waals surface area contributed by atoms with Crippen LogP contribution in [0.4, 0.5) is 0 Å². The van der Waals surface area contributed by atoms with Crippen LogP contribution in [0.2, 0.25) is 5.02 Å². The molecule has 0 saturated heterocycles. The van der Waals surface area contributed by atoms with Crippen LogP contribution >= 0.6 is 11.6 Å². The van der Waals surface area contributed by atoms with Gasteiger partial charge in [-0.05, 0) is 36.6 Å². The Morgan fingerprint density at radius 1 is 1.31 bits per heavy atom. The predicted octanol–water partition coefficient (Wildman–Crippen LogP) is 3.41. The van der Waals surface area contributed by atoms with Gasteiger partial charge in [-0.2, -0.15) is 0 Å². The molecule has 0 bridgehead atoms. The third-order valence-corrected chi connectivity index (χ3v) is 2.80. The summed E-state index contributed by atoms with van der Waals surface area (Å²) in [7, 11) is 0. The first-order valence-corrected chi connectivity index (χ1v) is 5.66. The van der Waals surface area contributed by atoms with Gasteiger partial charge in [0.05, 0.1) is 5.52 Å². The van der Waals surface area contributed by atoms with Crippen LogP contribution in [0.1, 0.15) is 18.4 Å². The van der Waals surface area contributed by atoms with E-state index in [4.69, 9.17) is 11.6 Å². The number of unbranched alkanes of at least 4 members (excludes halogenated alkanes) is 1. The van der Waals surface area contributed by atoms with E-state index in [9.17, 15) is 4.79 Å². The zero-order valence-electron chi connectivity index (χ0n) is 8.82. The molecule has 0 amide bonds. The van der Waals surface area contributed by atoms with Gasteiger partial charge in [-0.15, -0.1) is 0 Å². The number of hydrogen-bond donors (Lipinski definition) is 0. The van der Waals surface area contributed by atoms with Gasteiger partial charge in [0, 0.05) is 23.0 Å². The number of rotatable bonds is 4. The molecule has 0 fully saturated rings. The summed E-state index contributed by atoms with van der Waals surface area (Å²) in [6, 6.07) is 7.72. The summed E-state index contributed by atoms with van der Waals surface area (Å²) >= 11 is 5.91. The quantitative estimate of drug-likeness (QED) is 0.598. The fraction of sp³-hybridized carbons (Fsp3) is 0.231. The van der Waals surface area contributed by atoms with Gasteiger partial charge in [-0.1, -0.05) is 17.7 Å². The zero-order valence-corrected chi connectivity index (χ0v) is 9.57. The normalized spacial score (nSPS) is 10.6. The molecule has 0 aliphatic heterocycles. The van der Waals surface area contributed by atoms with Crippen LogP contribution in [0, 0.1) is 0 Å². The van der Waals surface area contributed by atoms with Crippen LogP contribution in [0.3, 0.4) is 0 Å². The maximum Gasteiger partial charge on any atom is 0.120 e. The SMILES string of the molecule is O=CCCCc1ccnc2cc(Cl)ccc12. The van der Waals surface area contributed by atoms with Gasteiger partial charge in [-0.25, -0.2) is 0 Å². The minimum atomic E-state index is 0.609. The van der Waals surface area contributed by atoms with Gasteiger partial charge < -0.3 is 4.79 Å². The molecule has 0 spiro atoms. The Labute approximate surface area is 99.3 Å². The molecule has 0 aliphatic rings. The molecule has 2 rings (SSSR count). The number of carbonyl (C=O) groups excluding carboxylic acids is 1. The molecule has 0 atom stereocenters. The lowest BCUT2D eigenvalue weighted by Crippen LogP contribution is -1.90. The summed E-state index contributed by atoms with van der Waals surface area (Å²) in [6.45, 7) is 0. The molecule has 0 unspecified atom stereocenters. The van der Waals surface area contributed by atoms with Crippen molar-refractivity contribution < 1.29 is 4.79 Å². The molecule has 2 aromatic rings. The molecule has 82 valence electrons. The Kier molecular flexibility index (Phi) is 3.52. The highest BCUT2D eigenvalue weighted by molar-refractivity contribution is 6.31. The second-order valence-electron chi connectivity index (χ2n) is 3.69. The van der Waals surface area contributed by atoms with Crippen molar-refractivity contribution in [2.45, 2.75) is 19.3 Å². The van der Waals surface area contributed by atoms with Gasteiger partial charge >= 0.3 is 0 Å². The minimum Gasteiger partial charge on any atom is -0.303 e. The fourth-order valence-electron chi connectivity index (χ4n) is 1.77. The van der Waals surface area contributed by atoms with Crippen LogP contribution in [0.25, 0.3) is 10.9 Å². The van der Waals surface area contributed by atoms with E-state index in [1.165, 1.54) is 5.56 Å². The van der Waals surface area contributed by atoms with Gasteiger partial charge in [-0.3, -0.25) is 4.98 Å². The number of aldehydes is 1. The minimum absolute atomic E-state index is 0.609. The molecule has 16 heavy (non-hydrogen) atoms. The second-order valence-corrected chi connectivity index (χ2v) is 4.13. The summed E-state index contributed by atoms with van der Waals surface area (Å²) in [5, 5.41) is 1.82. The number of aromatic nitrogens is 1. The van der Waals surface area contributed by atoms with Crippen LogP contribution in [-0.2, 0) is 11.2 Å². The fourth-order valence-corrected chi connectivity index (χ4v) is 1.94. The highest BCUT2D eigenvalue weighted by Gasteiger charge is 2.02. The van der Waals surface area contributed by atoms with Crippen molar-refractivity contribution in [1.29, 1.82) is 0 Å². The maximum absolute atomic E-state index is 10.3. The van der Waals surface area contributed by atoms with Crippen molar-refractivity contribution in [3.63, 3.8) is 0 Å². The Morgan fingerprint density at radius 3 is 3.00 bits per heavy atom. The number of hydrogen-bond acceptors (Lipinski definition) is 2. The molecule has 2 nitrogen and oxygen atoms in total. The number of benzene rings is 1. The van der Waals surface area contributed by atoms with Crippen molar-refractivity contribution in [3.05, 3.63) is 41.0 Å². The molecular weight excluding hydrogens is 222 g/mol. The molecule has 1 aromatic carbocycles. The van der Waals surface area contributed by atoms with Crippen LogP contribution in [-0.4, -0.2) is 11.3 Å². The van der Waals surface area contributed by atoms with Crippen molar-refractivity contribution in [2.75, 3.05) is 0 Å². The summed E-state index contributed by atoms with van der Waals surface area (Å²) < 4.78 is 0. The third kappa shape index (κ3) is 2.39. The Balaban J connectivity index is 2.34. The van der Waals surface area contributed by atoms with E-state index in [0.717, 1.165) is 30.0 Å². The summed E-state index contributed by atoms with van der Waals surface area (Å²) in [5.74, 6) is 0. The van der Waals surface area contributed by atoms with E-state index in [-0.39, 0.29) is 0 Å². The van der Waals surface area contributed by atoms with Gasteiger partial charge in [0.2, 0.25) is 0 Å². The molecule has 0 saturated carbocycles. The van der Waals surface area contributed by atoms with Crippen LogP contribution < -0.4 is 0 Å². The van der Waals surface area contributed by atoms with Crippen molar-refractivity contribution in [3.8, 4) is 0 Å². The second kappa shape index (κ2) is 5.08. The van der Waals surface area contributed by atoms with Crippen molar-refractivity contribution in [2.24, 2.45) is 0 Å². The molecule has 0 radical (unpaired) electrons. The third-order valence-electron chi connectivity index (χ3n) is 2.56. The van der Waals surface area contributed by atoms with Gasteiger partial charge in [0.15, 0.2) is 0 Å². The highest BCUT2D eigenvalue weighted by atomic mass is 35.5. The number of pyridine rings is 1. The highest BCUT2D eigenvalue weighted by Crippen LogP contribution is 2.21. The van der Waals surface area contributed by atoms with E-state index >= 15 is 0 Å². The van der Waals surface area contributed by atoms with Crippen LogP contribution in [0.15, 0.2) is 30.5 Å². The summed E-state index contributed by atoms with van der Waals surface area (Å²) in [6.07, 6.45) is 5.14. The largest absolute Gasteiger partial charge is 0.303 e. The van der Waals surface area contributed by atoms with Crippen LogP contribution in [0.5, 0.6) is 0 Å². The predicted molar refractivity (Wildman–Crippen MR) is 65.8 cm³/mol. The lowest BCUT2D eigenvalue weighted by atomic mass is 10.0. The first-order valence-electron chi connectivity index (χ1n) is 5.28. The molecule has 1 aromatic heterocycles. The van der Waals surface area contributed by atoms with E-state index in [1.54, 1.807) is 6.20 Å². The standard InChI is InChI=1S/C13H12ClNO/c14-11-4-5-12-10(3-1-2-8-16)6-7-15-13(12)9-11/h4-9H,1-3H2. The number of fused-ring (bicyclic) bond motifs is 1. The van der Waals surface area contributed by atoms with E-state index in [0.29, 0.717) is 11.4 Å². The average Bonchev–Trinajstić information content (AvgIpc) is 2.29. The van der Waals surface area contributed by atoms with E-state index in [2.05, 4.69) is 4.98 Å². The molecule has 3 heteroatoms. The number of halogens is 1. The number of aryl methyl sites for hydroxylation is 1. The van der Waals surface area contributed by atoms with E-state index < -0.39 is 0 Å². The maximum atomic E-state index is 10.3. The molecular formula is C13H12ClNO. The lowest BCUT2D eigenvalue weighted by molar-refractivity contribution is -0.107. The monoisotopic (exact) mass is 233 g/mol. The van der Waals surface area contributed by atoms with Crippen molar-refractivity contribution >= 4 is 28.8 Å². The number of nitrogens with zero attached hydrogens (tertiary/aromatic N) is 1. The van der Waals surface area contributed by atoms with Gasteiger partial charge in [0.1, 0.15) is 6.29 Å². The molecule has 0 aliphatic carbocycles. The molecule has 1 heterocycles. The summed E-state index contributed by atoms with van der Waals surface area (Å²) in [5.41, 5.74) is 2.14. The Bertz CT molecular complexity index is 510. The number of carbonyl (C=O) groups is 1. The zero-order chi connectivity index (χ0) is 11.4. The summed E-state index contributed by atoms with van der Waals surface area (Å²) in [4.78, 5) is 14.6. The first-order chi connectivity index (χ1) is 7.81. The Morgan fingerprint density at radius 2 is 2.19 bits per heavy atom. The topological polar surface area (TPSA) is 30.0 Å². The van der Waals surface area contributed by atoms with Crippen molar-refractivity contribution in [1.82, 2.24) is 4.98 Å². The van der Waals surface area contributed by atoms with Gasteiger partial charge in [0.25, 0.3) is 0 Å².